The predicted molar refractivity (Wildman–Crippen MR) is 58.8 cm³/mol. The van der Waals surface area contributed by atoms with Crippen molar-refractivity contribution in [1.29, 1.82) is 0 Å². The maximum atomic E-state index is 13.5. The van der Waals surface area contributed by atoms with Gasteiger partial charge >= 0.3 is 0 Å². The van der Waals surface area contributed by atoms with Crippen molar-refractivity contribution in [2.24, 2.45) is 0 Å². The van der Waals surface area contributed by atoms with Crippen LogP contribution in [0.3, 0.4) is 0 Å². The highest BCUT2D eigenvalue weighted by atomic mass is 19.1. The normalized spacial score (nSPS) is 21.4. The van der Waals surface area contributed by atoms with Crippen molar-refractivity contribution in [3.8, 4) is 0 Å². The third kappa shape index (κ3) is 2.47. The van der Waals surface area contributed by atoms with E-state index in [4.69, 9.17) is 0 Å². The lowest BCUT2D eigenvalue weighted by atomic mass is 10.0. The molecule has 0 saturated carbocycles. The summed E-state index contributed by atoms with van der Waals surface area (Å²) in [4.78, 5) is 0. The van der Waals surface area contributed by atoms with E-state index in [1.165, 1.54) is 12.1 Å². The fraction of sp³-hybridized carbons (Fsp3) is 0.385. The Balaban J connectivity index is 2.35. The Kier molecular flexibility index (Phi) is 3.34. The van der Waals surface area contributed by atoms with Gasteiger partial charge in [-0.05, 0) is 37.0 Å². The fourth-order valence-corrected chi connectivity index (χ4v) is 2.04. The van der Waals surface area contributed by atoms with Gasteiger partial charge < -0.3 is 5.11 Å². The molecular formula is C13H14F2O. The highest BCUT2D eigenvalue weighted by Gasteiger charge is 2.14. The number of benzene rings is 1. The van der Waals surface area contributed by atoms with Crippen LogP contribution < -0.4 is 0 Å². The molecule has 0 bridgehead atoms. The van der Waals surface area contributed by atoms with Crippen LogP contribution in [0.15, 0.2) is 24.3 Å². The molecule has 16 heavy (non-hydrogen) atoms. The van der Waals surface area contributed by atoms with Gasteiger partial charge in [0.1, 0.15) is 11.6 Å². The van der Waals surface area contributed by atoms with Gasteiger partial charge in [0.2, 0.25) is 0 Å². The molecular weight excluding hydrogens is 210 g/mol. The van der Waals surface area contributed by atoms with Crippen LogP contribution in [-0.4, -0.2) is 11.2 Å². The van der Waals surface area contributed by atoms with Crippen molar-refractivity contribution in [2.75, 3.05) is 0 Å². The molecule has 1 atom stereocenters. The van der Waals surface area contributed by atoms with Crippen LogP contribution in [-0.2, 0) is 0 Å². The third-order valence-electron chi connectivity index (χ3n) is 2.87. The zero-order valence-electron chi connectivity index (χ0n) is 8.92. The van der Waals surface area contributed by atoms with E-state index >= 15 is 0 Å². The summed E-state index contributed by atoms with van der Waals surface area (Å²) in [7, 11) is 0. The molecule has 1 aliphatic carbocycles. The molecule has 1 aliphatic rings. The molecule has 0 fully saturated rings. The molecule has 1 nitrogen and oxygen atoms in total. The summed E-state index contributed by atoms with van der Waals surface area (Å²) in [5, 5.41) is 9.59. The highest BCUT2D eigenvalue weighted by molar-refractivity contribution is 5.66. The van der Waals surface area contributed by atoms with Crippen LogP contribution in [0.1, 0.15) is 31.2 Å². The number of allylic oxidation sites excluding steroid dienone is 1. The summed E-state index contributed by atoms with van der Waals surface area (Å²) in [6, 6.07) is 3.57. The maximum absolute atomic E-state index is 13.5. The maximum Gasteiger partial charge on any atom is 0.133 e. The minimum Gasteiger partial charge on any atom is -0.389 e. The molecule has 0 aliphatic heterocycles. The van der Waals surface area contributed by atoms with Gasteiger partial charge in [-0.15, -0.1) is 0 Å². The third-order valence-corrected chi connectivity index (χ3v) is 2.87. The van der Waals surface area contributed by atoms with Crippen molar-refractivity contribution >= 4 is 5.57 Å². The molecule has 0 saturated heterocycles. The van der Waals surface area contributed by atoms with Gasteiger partial charge in [0.05, 0.1) is 6.10 Å². The fourth-order valence-electron chi connectivity index (χ4n) is 2.04. The standard InChI is InChI=1S/C13H14F2O/c14-10-5-6-12(13(15)8-10)9-3-1-2-4-11(16)7-9/h5-8,11,16H,1-4H2. The van der Waals surface area contributed by atoms with Crippen LogP contribution in [0.5, 0.6) is 0 Å². The van der Waals surface area contributed by atoms with Crippen molar-refractivity contribution in [1.82, 2.24) is 0 Å². The average molecular weight is 224 g/mol. The summed E-state index contributed by atoms with van der Waals surface area (Å²) in [6.45, 7) is 0. The van der Waals surface area contributed by atoms with Crippen LogP contribution in [0, 0.1) is 11.6 Å². The number of hydrogen-bond donors (Lipinski definition) is 1. The molecule has 0 radical (unpaired) electrons. The molecule has 86 valence electrons. The second kappa shape index (κ2) is 4.74. The summed E-state index contributed by atoms with van der Waals surface area (Å²) >= 11 is 0. The molecule has 3 heteroatoms. The van der Waals surface area contributed by atoms with Crippen molar-refractivity contribution < 1.29 is 13.9 Å². The lowest BCUT2D eigenvalue weighted by Gasteiger charge is -2.08. The van der Waals surface area contributed by atoms with Gasteiger partial charge in [0.15, 0.2) is 0 Å². The number of aliphatic hydroxyl groups is 1. The van der Waals surface area contributed by atoms with Gasteiger partial charge in [-0.25, -0.2) is 8.78 Å². The molecule has 0 aromatic heterocycles. The van der Waals surface area contributed by atoms with E-state index < -0.39 is 17.7 Å². The lowest BCUT2D eigenvalue weighted by molar-refractivity contribution is 0.211. The molecule has 1 aromatic carbocycles. The van der Waals surface area contributed by atoms with Gasteiger partial charge in [-0.3, -0.25) is 0 Å². The number of rotatable bonds is 1. The minimum atomic E-state index is -0.573. The zero-order valence-corrected chi connectivity index (χ0v) is 8.92. The van der Waals surface area contributed by atoms with Gasteiger partial charge in [-0.1, -0.05) is 12.5 Å². The molecule has 0 spiro atoms. The summed E-state index contributed by atoms with van der Waals surface area (Å²) in [5.74, 6) is -1.13. The lowest BCUT2D eigenvalue weighted by Crippen LogP contribution is -2.00. The molecule has 0 heterocycles. The van der Waals surface area contributed by atoms with Crippen molar-refractivity contribution in [3.63, 3.8) is 0 Å². The Morgan fingerprint density at radius 2 is 2.00 bits per heavy atom. The topological polar surface area (TPSA) is 20.2 Å². The van der Waals surface area contributed by atoms with E-state index in [-0.39, 0.29) is 0 Å². The Bertz CT molecular complexity index is 412. The SMILES string of the molecule is OC1C=C(c2ccc(F)cc2F)CCCC1. The smallest absolute Gasteiger partial charge is 0.133 e. The van der Waals surface area contributed by atoms with E-state index in [9.17, 15) is 13.9 Å². The number of halogens is 2. The average Bonchev–Trinajstić information content (AvgIpc) is 2.43. The quantitative estimate of drug-likeness (QED) is 0.776. The Morgan fingerprint density at radius 1 is 1.19 bits per heavy atom. The number of hydrogen-bond acceptors (Lipinski definition) is 1. The summed E-state index contributed by atoms with van der Waals surface area (Å²) in [5.41, 5.74) is 1.19. The predicted octanol–water partition coefficient (Wildman–Crippen LogP) is 3.28. The second-order valence-electron chi connectivity index (χ2n) is 4.13. The Hall–Kier alpha value is -1.22. The van der Waals surface area contributed by atoms with E-state index in [2.05, 4.69) is 0 Å². The van der Waals surface area contributed by atoms with Crippen LogP contribution in [0.25, 0.3) is 5.57 Å². The first-order chi connectivity index (χ1) is 7.66. The van der Waals surface area contributed by atoms with Crippen LogP contribution in [0.2, 0.25) is 0 Å². The molecule has 2 rings (SSSR count). The Labute approximate surface area is 93.4 Å². The molecule has 1 aromatic rings. The van der Waals surface area contributed by atoms with Gasteiger partial charge in [0.25, 0.3) is 0 Å². The van der Waals surface area contributed by atoms with Crippen LogP contribution in [0.4, 0.5) is 8.78 Å². The molecule has 0 amide bonds. The first kappa shape index (κ1) is 11.3. The van der Waals surface area contributed by atoms with Crippen molar-refractivity contribution in [2.45, 2.75) is 31.8 Å². The van der Waals surface area contributed by atoms with E-state index in [1.807, 2.05) is 0 Å². The van der Waals surface area contributed by atoms with Gasteiger partial charge in [-0.2, -0.15) is 0 Å². The molecule has 1 N–H and O–H groups in total. The van der Waals surface area contributed by atoms with Gasteiger partial charge in [0, 0.05) is 11.6 Å². The summed E-state index contributed by atoms with van der Waals surface area (Å²) in [6.07, 6.45) is 4.49. The summed E-state index contributed by atoms with van der Waals surface area (Å²) < 4.78 is 26.3. The Morgan fingerprint density at radius 3 is 2.75 bits per heavy atom. The second-order valence-corrected chi connectivity index (χ2v) is 4.13. The van der Waals surface area contributed by atoms with E-state index in [1.54, 1.807) is 6.08 Å². The van der Waals surface area contributed by atoms with E-state index in [0.717, 1.165) is 30.9 Å². The number of aliphatic hydroxyl groups excluding tert-OH is 1. The minimum absolute atomic E-state index is 0.405. The zero-order chi connectivity index (χ0) is 11.5. The van der Waals surface area contributed by atoms with Crippen LogP contribution >= 0.6 is 0 Å². The molecule has 1 unspecified atom stereocenters. The van der Waals surface area contributed by atoms with E-state index in [0.29, 0.717) is 12.0 Å². The first-order valence-corrected chi connectivity index (χ1v) is 5.51. The monoisotopic (exact) mass is 224 g/mol. The largest absolute Gasteiger partial charge is 0.389 e. The highest BCUT2D eigenvalue weighted by Crippen LogP contribution is 2.28. The van der Waals surface area contributed by atoms with Crippen molar-refractivity contribution in [3.05, 3.63) is 41.5 Å². The first-order valence-electron chi connectivity index (χ1n) is 5.51.